The minimum atomic E-state index is -0.209. The average Bonchev–Trinajstić information content (AvgIpc) is 2.83. The van der Waals surface area contributed by atoms with Crippen molar-refractivity contribution in [3.63, 3.8) is 0 Å². The van der Waals surface area contributed by atoms with Gasteiger partial charge in [-0.15, -0.1) is 0 Å². The molecule has 0 saturated carbocycles. The first-order valence-corrected chi connectivity index (χ1v) is 5.38. The van der Waals surface area contributed by atoms with Crippen LogP contribution >= 0.6 is 0 Å². The molecule has 0 fully saturated rings. The molecule has 0 aliphatic heterocycles. The van der Waals surface area contributed by atoms with E-state index in [-0.39, 0.29) is 11.6 Å². The van der Waals surface area contributed by atoms with Crippen LogP contribution in [-0.4, -0.2) is 22.8 Å². The summed E-state index contributed by atoms with van der Waals surface area (Å²) in [6.07, 6.45) is 1.32. The van der Waals surface area contributed by atoms with Gasteiger partial charge in [-0.05, 0) is 36.7 Å². The topological polar surface area (TPSA) is 59.2 Å². The molecular formula is C12H13N3O2. The van der Waals surface area contributed by atoms with E-state index in [0.29, 0.717) is 6.54 Å². The van der Waals surface area contributed by atoms with E-state index in [1.807, 2.05) is 38.1 Å². The van der Waals surface area contributed by atoms with Gasteiger partial charge in [0.1, 0.15) is 6.20 Å². The quantitative estimate of drug-likeness (QED) is 0.811. The number of aryl methyl sites for hydroxylation is 1. The van der Waals surface area contributed by atoms with E-state index in [1.54, 1.807) is 4.90 Å². The highest BCUT2D eigenvalue weighted by molar-refractivity contribution is 6.04. The third-order valence-electron chi connectivity index (χ3n) is 2.46. The third kappa shape index (κ3) is 2.33. The number of anilines is 1. The van der Waals surface area contributed by atoms with Crippen molar-refractivity contribution in [1.29, 1.82) is 0 Å². The number of rotatable bonds is 3. The van der Waals surface area contributed by atoms with Crippen LogP contribution in [0.25, 0.3) is 0 Å². The van der Waals surface area contributed by atoms with E-state index in [4.69, 9.17) is 0 Å². The summed E-state index contributed by atoms with van der Waals surface area (Å²) in [4.78, 5) is 13.7. The summed E-state index contributed by atoms with van der Waals surface area (Å²) in [5.41, 5.74) is 2.17. The maximum atomic E-state index is 12.1. The Bertz CT molecular complexity index is 508. The molecule has 0 saturated heterocycles. The summed E-state index contributed by atoms with van der Waals surface area (Å²) < 4.78 is 4.44. The summed E-state index contributed by atoms with van der Waals surface area (Å²) in [5.74, 6) is -0.209. The summed E-state index contributed by atoms with van der Waals surface area (Å²) in [6, 6.07) is 7.75. The second-order valence-electron chi connectivity index (χ2n) is 3.68. The molecule has 0 aliphatic rings. The summed E-state index contributed by atoms with van der Waals surface area (Å²) in [5, 5.41) is 6.99. The fraction of sp³-hybridized carbons (Fsp3) is 0.250. The molecule has 1 aromatic heterocycles. The first kappa shape index (κ1) is 11.3. The van der Waals surface area contributed by atoms with Gasteiger partial charge in [-0.3, -0.25) is 4.79 Å². The number of hydrogen-bond acceptors (Lipinski definition) is 4. The maximum absolute atomic E-state index is 12.1. The third-order valence-corrected chi connectivity index (χ3v) is 2.46. The molecule has 0 unspecified atom stereocenters. The molecule has 2 aromatic rings. The molecular weight excluding hydrogens is 218 g/mol. The van der Waals surface area contributed by atoms with Crippen molar-refractivity contribution in [3.05, 3.63) is 41.7 Å². The van der Waals surface area contributed by atoms with Gasteiger partial charge in [-0.2, -0.15) is 0 Å². The lowest BCUT2D eigenvalue weighted by Gasteiger charge is -2.19. The van der Waals surface area contributed by atoms with Gasteiger partial charge in [0, 0.05) is 12.2 Å². The van der Waals surface area contributed by atoms with E-state index < -0.39 is 0 Å². The zero-order chi connectivity index (χ0) is 12.3. The van der Waals surface area contributed by atoms with Gasteiger partial charge in [0.15, 0.2) is 5.69 Å². The van der Waals surface area contributed by atoms with Gasteiger partial charge in [0.2, 0.25) is 0 Å². The predicted molar refractivity (Wildman–Crippen MR) is 62.8 cm³/mol. The van der Waals surface area contributed by atoms with Crippen molar-refractivity contribution in [2.45, 2.75) is 13.8 Å². The SMILES string of the molecule is CCN(C(=O)c1cnon1)c1cccc(C)c1. The Balaban J connectivity index is 2.31. The van der Waals surface area contributed by atoms with Gasteiger partial charge in [-0.25, -0.2) is 4.63 Å². The highest BCUT2D eigenvalue weighted by Crippen LogP contribution is 2.17. The minimum absolute atomic E-state index is 0.209. The fourth-order valence-corrected chi connectivity index (χ4v) is 1.64. The van der Waals surface area contributed by atoms with Gasteiger partial charge in [-0.1, -0.05) is 17.3 Å². The molecule has 0 radical (unpaired) electrons. The number of amides is 1. The van der Waals surface area contributed by atoms with Gasteiger partial charge < -0.3 is 4.90 Å². The normalized spacial score (nSPS) is 10.2. The van der Waals surface area contributed by atoms with Crippen molar-refractivity contribution in [2.24, 2.45) is 0 Å². The lowest BCUT2D eigenvalue weighted by Crippen LogP contribution is -2.30. The summed E-state index contributed by atoms with van der Waals surface area (Å²) >= 11 is 0. The second-order valence-corrected chi connectivity index (χ2v) is 3.68. The van der Waals surface area contributed by atoms with Crippen molar-refractivity contribution in [3.8, 4) is 0 Å². The molecule has 5 heteroatoms. The molecule has 88 valence electrons. The van der Waals surface area contributed by atoms with Crippen LogP contribution in [0.2, 0.25) is 0 Å². The number of aromatic nitrogens is 2. The van der Waals surface area contributed by atoms with Crippen molar-refractivity contribution < 1.29 is 9.42 Å². The molecule has 2 rings (SSSR count). The number of nitrogens with zero attached hydrogens (tertiary/aromatic N) is 3. The highest BCUT2D eigenvalue weighted by atomic mass is 16.6. The monoisotopic (exact) mass is 231 g/mol. The van der Waals surface area contributed by atoms with Crippen LogP contribution < -0.4 is 4.90 Å². The predicted octanol–water partition coefficient (Wildman–Crippen LogP) is 2.04. The fourth-order valence-electron chi connectivity index (χ4n) is 1.64. The highest BCUT2D eigenvalue weighted by Gasteiger charge is 2.19. The van der Waals surface area contributed by atoms with E-state index in [0.717, 1.165) is 11.3 Å². The lowest BCUT2D eigenvalue weighted by molar-refractivity contribution is 0.0979. The van der Waals surface area contributed by atoms with Gasteiger partial charge >= 0.3 is 0 Å². The Morgan fingerprint density at radius 1 is 1.47 bits per heavy atom. The molecule has 1 heterocycles. The van der Waals surface area contributed by atoms with Gasteiger partial charge in [0.25, 0.3) is 5.91 Å². The van der Waals surface area contributed by atoms with E-state index in [1.165, 1.54) is 6.20 Å². The molecule has 0 N–H and O–H groups in total. The first-order chi connectivity index (χ1) is 8.22. The molecule has 17 heavy (non-hydrogen) atoms. The van der Waals surface area contributed by atoms with Crippen LogP contribution in [-0.2, 0) is 0 Å². The maximum Gasteiger partial charge on any atom is 0.282 e. The summed E-state index contributed by atoms with van der Waals surface area (Å²) in [7, 11) is 0. The first-order valence-electron chi connectivity index (χ1n) is 5.38. The van der Waals surface area contributed by atoms with E-state index in [9.17, 15) is 4.79 Å². The van der Waals surface area contributed by atoms with Crippen molar-refractivity contribution in [2.75, 3.05) is 11.4 Å². The van der Waals surface area contributed by atoms with Crippen LogP contribution in [0.1, 0.15) is 23.0 Å². The molecule has 0 atom stereocenters. The minimum Gasteiger partial charge on any atom is -0.307 e. The van der Waals surface area contributed by atoms with Crippen LogP contribution in [0, 0.1) is 6.92 Å². The molecule has 1 aromatic carbocycles. The Labute approximate surface area is 99.0 Å². The smallest absolute Gasteiger partial charge is 0.282 e. The molecule has 0 aliphatic carbocycles. The Kier molecular flexibility index (Phi) is 3.18. The molecule has 0 spiro atoms. The summed E-state index contributed by atoms with van der Waals surface area (Å²) in [6.45, 7) is 4.46. The van der Waals surface area contributed by atoms with Crippen LogP contribution in [0.15, 0.2) is 35.1 Å². The lowest BCUT2D eigenvalue weighted by atomic mass is 10.2. The number of carbonyl (C=O) groups is 1. The van der Waals surface area contributed by atoms with Crippen molar-refractivity contribution in [1.82, 2.24) is 10.3 Å². The molecule has 0 bridgehead atoms. The van der Waals surface area contributed by atoms with E-state index in [2.05, 4.69) is 14.9 Å². The zero-order valence-electron chi connectivity index (χ0n) is 9.75. The van der Waals surface area contributed by atoms with E-state index >= 15 is 0 Å². The number of benzene rings is 1. The molecule has 5 nitrogen and oxygen atoms in total. The Hall–Kier alpha value is -2.17. The Morgan fingerprint density at radius 2 is 2.29 bits per heavy atom. The van der Waals surface area contributed by atoms with Crippen molar-refractivity contribution >= 4 is 11.6 Å². The Morgan fingerprint density at radius 3 is 2.88 bits per heavy atom. The molecule has 1 amide bonds. The number of hydrogen-bond donors (Lipinski definition) is 0. The van der Waals surface area contributed by atoms with Crippen LogP contribution in [0.5, 0.6) is 0 Å². The largest absolute Gasteiger partial charge is 0.307 e. The van der Waals surface area contributed by atoms with Crippen LogP contribution in [0.3, 0.4) is 0 Å². The zero-order valence-corrected chi connectivity index (χ0v) is 9.75. The average molecular weight is 231 g/mol. The van der Waals surface area contributed by atoms with Gasteiger partial charge in [0.05, 0.1) is 0 Å². The standard InChI is InChI=1S/C12H13N3O2/c1-3-15(10-6-4-5-9(2)7-10)12(16)11-8-13-17-14-11/h4-8H,3H2,1-2H3. The number of carbonyl (C=O) groups excluding carboxylic acids is 1. The van der Waals surface area contributed by atoms with Crippen LogP contribution in [0.4, 0.5) is 5.69 Å². The second kappa shape index (κ2) is 4.78.